The van der Waals surface area contributed by atoms with E-state index in [0.29, 0.717) is 31.0 Å². The third kappa shape index (κ3) is 2.89. The van der Waals surface area contributed by atoms with Gasteiger partial charge in [0, 0.05) is 5.69 Å². The molecule has 1 aromatic heterocycles. The van der Waals surface area contributed by atoms with Crippen LogP contribution in [0.4, 0.5) is 5.69 Å². The molecule has 106 valence electrons. The number of carbonyl (C=O) groups excluding carboxylic acids is 1. The number of quaternary nitrogens is 1. The van der Waals surface area contributed by atoms with Gasteiger partial charge in [-0.2, -0.15) is 0 Å². The normalized spacial score (nSPS) is 16.4. The minimum absolute atomic E-state index is 0.0286. The second kappa shape index (κ2) is 5.48. The number of hydrogen-bond donors (Lipinski definition) is 4. The number of nitrogens with one attached hydrogen (secondary N) is 4. The Balaban J connectivity index is 1.65. The molecule has 3 rings (SSSR count). The first-order valence-electron chi connectivity index (χ1n) is 6.64. The molecule has 0 spiro atoms. The molecular weight excluding hydrogens is 260 g/mol. The molecule has 20 heavy (non-hydrogen) atoms. The van der Waals surface area contributed by atoms with Crippen LogP contribution in [0.3, 0.4) is 0 Å². The van der Waals surface area contributed by atoms with Crippen LogP contribution >= 0.6 is 0 Å². The Hall–Kier alpha value is -2.12. The fourth-order valence-corrected chi connectivity index (χ4v) is 2.38. The molecule has 1 fully saturated rings. The molecule has 0 unspecified atom stereocenters. The summed E-state index contributed by atoms with van der Waals surface area (Å²) in [5.41, 5.74) is 1.85. The molecule has 1 saturated heterocycles. The molecular formula is C13H17N4O3+. The van der Waals surface area contributed by atoms with Gasteiger partial charge in [0.1, 0.15) is 13.1 Å². The Kier molecular flexibility index (Phi) is 3.53. The largest absolute Gasteiger partial charge is 0.370 e. The Bertz CT molecular complexity index is 670. The fraction of sp³-hybridized carbons (Fsp3) is 0.385. The van der Waals surface area contributed by atoms with Gasteiger partial charge in [-0.1, -0.05) is 0 Å². The zero-order chi connectivity index (χ0) is 13.9. The Morgan fingerprint density at radius 1 is 1.25 bits per heavy atom. The Morgan fingerprint density at radius 2 is 2.00 bits per heavy atom. The van der Waals surface area contributed by atoms with Crippen molar-refractivity contribution in [3.05, 3.63) is 28.7 Å². The third-order valence-corrected chi connectivity index (χ3v) is 3.41. The zero-order valence-electron chi connectivity index (χ0n) is 11.0. The maximum absolute atomic E-state index is 12.0. The molecule has 0 aliphatic carbocycles. The predicted molar refractivity (Wildman–Crippen MR) is 73.9 cm³/mol. The van der Waals surface area contributed by atoms with Crippen molar-refractivity contribution in [2.75, 3.05) is 38.2 Å². The first kappa shape index (κ1) is 12.9. The lowest BCUT2D eigenvalue weighted by Gasteiger charge is -2.23. The van der Waals surface area contributed by atoms with Crippen molar-refractivity contribution >= 4 is 22.6 Å². The van der Waals surface area contributed by atoms with Crippen molar-refractivity contribution in [3.8, 4) is 0 Å². The number of amides is 1. The van der Waals surface area contributed by atoms with Crippen molar-refractivity contribution < 1.29 is 14.4 Å². The monoisotopic (exact) mass is 277 g/mol. The molecule has 0 radical (unpaired) electrons. The number of ether oxygens (including phenoxy) is 1. The van der Waals surface area contributed by atoms with E-state index >= 15 is 0 Å². The van der Waals surface area contributed by atoms with Crippen molar-refractivity contribution in [2.45, 2.75) is 0 Å². The molecule has 4 N–H and O–H groups in total. The van der Waals surface area contributed by atoms with Crippen molar-refractivity contribution in [2.24, 2.45) is 0 Å². The summed E-state index contributed by atoms with van der Waals surface area (Å²) in [5.74, 6) is -0.0286. The number of carbonyl (C=O) groups is 1. The van der Waals surface area contributed by atoms with E-state index in [1.807, 2.05) is 0 Å². The number of aromatic nitrogens is 2. The fourth-order valence-electron chi connectivity index (χ4n) is 2.38. The highest BCUT2D eigenvalue weighted by Gasteiger charge is 2.17. The number of fused-ring (bicyclic) bond motifs is 1. The van der Waals surface area contributed by atoms with Crippen LogP contribution in [-0.4, -0.2) is 48.7 Å². The summed E-state index contributed by atoms with van der Waals surface area (Å²) >= 11 is 0. The zero-order valence-corrected chi connectivity index (χ0v) is 11.0. The van der Waals surface area contributed by atoms with Gasteiger partial charge in [0.15, 0.2) is 6.54 Å². The van der Waals surface area contributed by atoms with E-state index in [1.54, 1.807) is 18.2 Å². The quantitative estimate of drug-likeness (QED) is 0.562. The lowest BCUT2D eigenvalue weighted by Crippen LogP contribution is -3.15. The van der Waals surface area contributed by atoms with Crippen molar-refractivity contribution in [1.82, 2.24) is 9.97 Å². The Morgan fingerprint density at radius 3 is 2.80 bits per heavy atom. The van der Waals surface area contributed by atoms with Crippen LogP contribution in [0.15, 0.2) is 23.0 Å². The molecule has 1 aromatic carbocycles. The van der Waals surface area contributed by atoms with Crippen LogP contribution in [0.25, 0.3) is 11.0 Å². The topological polar surface area (TPSA) is 91.4 Å². The maximum Gasteiger partial charge on any atom is 0.323 e. The molecule has 1 aliphatic rings. The first-order chi connectivity index (χ1) is 9.70. The van der Waals surface area contributed by atoms with Gasteiger partial charge in [-0.05, 0) is 18.2 Å². The molecule has 2 aromatic rings. The van der Waals surface area contributed by atoms with Gasteiger partial charge in [-0.15, -0.1) is 0 Å². The standard InChI is InChI=1S/C13H16N4O3/c18-12(8-17-3-5-20-6-4-17)14-9-1-2-10-11(7-9)16-13(19)15-10/h1-2,7H,3-6,8H2,(H,14,18)(H2,15,16,19)/p+1. The van der Waals surface area contributed by atoms with E-state index in [2.05, 4.69) is 15.3 Å². The summed E-state index contributed by atoms with van der Waals surface area (Å²) < 4.78 is 5.26. The van der Waals surface area contributed by atoms with Crippen molar-refractivity contribution in [1.29, 1.82) is 0 Å². The SMILES string of the molecule is O=C(C[NH+]1CCOCC1)Nc1ccc2[nH]c(=O)[nH]c2c1. The number of hydrogen-bond acceptors (Lipinski definition) is 3. The molecule has 7 heteroatoms. The highest BCUT2D eigenvalue weighted by molar-refractivity contribution is 5.93. The minimum Gasteiger partial charge on any atom is -0.370 e. The van der Waals surface area contributed by atoms with Crippen LogP contribution in [0, 0.1) is 0 Å². The van der Waals surface area contributed by atoms with Crippen LogP contribution in [-0.2, 0) is 9.53 Å². The summed E-state index contributed by atoms with van der Waals surface area (Å²) in [5, 5.41) is 2.85. The summed E-state index contributed by atoms with van der Waals surface area (Å²) in [6.07, 6.45) is 0. The van der Waals surface area contributed by atoms with Crippen LogP contribution in [0.5, 0.6) is 0 Å². The van der Waals surface area contributed by atoms with Gasteiger partial charge < -0.3 is 24.9 Å². The molecule has 7 nitrogen and oxygen atoms in total. The van der Waals surface area contributed by atoms with Crippen molar-refractivity contribution in [3.63, 3.8) is 0 Å². The predicted octanol–water partition coefficient (Wildman–Crippen LogP) is -1.29. The third-order valence-electron chi connectivity index (χ3n) is 3.41. The van der Waals surface area contributed by atoms with Gasteiger partial charge in [0.05, 0.1) is 24.2 Å². The van der Waals surface area contributed by atoms with Crippen LogP contribution < -0.4 is 15.9 Å². The number of rotatable bonds is 3. The maximum atomic E-state index is 12.0. The van der Waals surface area contributed by atoms with E-state index in [-0.39, 0.29) is 11.6 Å². The second-order valence-corrected chi connectivity index (χ2v) is 4.93. The number of aromatic amines is 2. The van der Waals surface area contributed by atoms with Gasteiger partial charge in [-0.3, -0.25) is 4.79 Å². The molecule has 1 aliphatic heterocycles. The summed E-state index contributed by atoms with van der Waals surface area (Å²) in [4.78, 5) is 29.7. The van der Waals surface area contributed by atoms with Crippen LogP contribution in [0.2, 0.25) is 0 Å². The lowest BCUT2D eigenvalue weighted by molar-refractivity contribution is -0.899. The van der Waals surface area contributed by atoms with E-state index < -0.39 is 0 Å². The van der Waals surface area contributed by atoms with Crippen LogP contribution in [0.1, 0.15) is 0 Å². The highest BCUT2D eigenvalue weighted by atomic mass is 16.5. The molecule has 1 amide bonds. The van der Waals surface area contributed by atoms with Gasteiger partial charge in [-0.25, -0.2) is 4.79 Å². The van der Waals surface area contributed by atoms with E-state index in [4.69, 9.17) is 4.74 Å². The Labute approximate surface area is 114 Å². The second-order valence-electron chi connectivity index (χ2n) is 4.93. The lowest BCUT2D eigenvalue weighted by atomic mass is 10.2. The summed E-state index contributed by atoms with van der Waals surface area (Å²) in [6.45, 7) is 3.57. The average Bonchev–Trinajstić information content (AvgIpc) is 2.79. The molecule has 0 atom stereocenters. The smallest absolute Gasteiger partial charge is 0.323 e. The number of H-pyrrole nitrogens is 2. The van der Waals surface area contributed by atoms with Gasteiger partial charge in [0.2, 0.25) is 0 Å². The van der Waals surface area contributed by atoms with E-state index in [9.17, 15) is 9.59 Å². The molecule has 2 heterocycles. The summed E-state index contributed by atoms with van der Waals surface area (Å²) in [7, 11) is 0. The first-order valence-corrected chi connectivity index (χ1v) is 6.64. The number of benzene rings is 1. The van der Waals surface area contributed by atoms with Gasteiger partial charge in [0.25, 0.3) is 5.91 Å². The van der Waals surface area contributed by atoms with E-state index in [1.165, 1.54) is 4.90 Å². The minimum atomic E-state index is -0.249. The van der Waals surface area contributed by atoms with E-state index in [0.717, 1.165) is 18.6 Å². The number of imidazole rings is 1. The summed E-state index contributed by atoms with van der Waals surface area (Å²) in [6, 6.07) is 5.29. The average molecular weight is 277 g/mol. The number of anilines is 1. The van der Waals surface area contributed by atoms with Gasteiger partial charge >= 0.3 is 5.69 Å². The highest BCUT2D eigenvalue weighted by Crippen LogP contribution is 2.14. The molecule has 0 saturated carbocycles. The number of morpholine rings is 1. The molecule has 0 bridgehead atoms.